The SMILES string of the molecule is O=C(Nc1ccc(ON(CO)C(=O)c2ccccn2)cc1)Nc1ccc(Br)c(C(F)(F)F)c1. The van der Waals surface area contributed by atoms with Crippen LogP contribution < -0.4 is 15.5 Å². The summed E-state index contributed by atoms with van der Waals surface area (Å²) >= 11 is 2.83. The minimum atomic E-state index is -4.58. The Bertz CT molecular complexity index is 1130. The van der Waals surface area contributed by atoms with Gasteiger partial charge in [0.1, 0.15) is 5.69 Å². The van der Waals surface area contributed by atoms with Gasteiger partial charge in [-0.1, -0.05) is 22.0 Å². The predicted octanol–water partition coefficient (Wildman–Crippen LogP) is 4.89. The van der Waals surface area contributed by atoms with E-state index >= 15 is 0 Å². The molecule has 0 atom stereocenters. The van der Waals surface area contributed by atoms with E-state index in [-0.39, 0.29) is 21.6 Å². The number of carbonyl (C=O) groups excluding carboxylic acids is 2. The first kappa shape index (κ1) is 24.0. The quantitative estimate of drug-likeness (QED) is 0.314. The topological polar surface area (TPSA) is 104 Å². The molecule has 12 heteroatoms. The Hall–Kier alpha value is -3.64. The van der Waals surface area contributed by atoms with Crippen molar-refractivity contribution in [2.45, 2.75) is 6.18 Å². The zero-order chi connectivity index (χ0) is 24.0. The Balaban J connectivity index is 1.61. The standard InChI is InChI=1S/C21H16BrF3N4O4/c22-17-9-6-14(11-16(17)21(23,24)25)28-20(32)27-13-4-7-15(8-5-13)33-29(12-30)19(31)18-3-1-2-10-26-18/h1-11,30H,12H2,(H2,27,28,32). The highest BCUT2D eigenvalue weighted by Gasteiger charge is 2.33. The summed E-state index contributed by atoms with van der Waals surface area (Å²) in [5.74, 6) is -0.477. The lowest BCUT2D eigenvalue weighted by atomic mass is 10.2. The Labute approximate surface area is 194 Å². The van der Waals surface area contributed by atoms with Crippen LogP contribution in [-0.4, -0.2) is 33.8 Å². The van der Waals surface area contributed by atoms with E-state index in [0.29, 0.717) is 10.8 Å². The first-order chi connectivity index (χ1) is 15.7. The lowest BCUT2D eigenvalue weighted by Crippen LogP contribution is -2.35. The molecule has 0 saturated carbocycles. The summed E-state index contributed by atoms with van der Waals surface area (Å²) in [6.07, 6.45) is -3.16. The molecule has 3 aromatic rings. The number of aromatic nitrogens is 1. The van der Waals surface area contributed by atoms with E-state index in [1.54, 1.807) is 12.1 Å². The molecule has 3 N–H and O–H groups in total. The normalized spacial score (nSPS) is 10.9. The van der Waals surface area contributed by atoms with Gasteiger partial charge in [-0.25, -0.2) is 4.79 Å². The van der Waals surface area contributed by atoms with Crippen LogP contribution in [0.25, 0.3) is 0 Å². The van der Waals surface area contributed by atoms with Gasteiger partial charge in [0.2, 0.25) is 0 Å². The van der Waals surface area contributed by atoms with Crippen molar-refractivity contribution in [3.63, 3.8) is 0 Å². The number of aliphatic hydroxyl groups is 1. The number of benzene rings is 2. The predicted molar refractivity (Wildman–Crippen MR) is 116 cm³/mol. The van der Waals surface area contributed by atoms with Gasteiger partial charge in [0, 0.05) is 22.0 Å². The number of alkyl halides is 3. The summed E-state index contributed by atoms with van der Waals surface area (Å²) in [6, 6.07) is 13.0. The molecule has 0 spiro atoms. The minimum absolute atomic E-state index is 0.0467. The van der Waals surface area contributed by atoms with Gasteiger partial charge >= 0.3 is 18.1 Å². The highest BCUT2D eigenvalue weighted by molar-refractivity contribution is 9.10. The third kappa shape index (κ3) is 6.43. The monoisotopic (exact) mass is 524 g/mol. The van der Waals surface area contributed by atoms with Crippen LogP contribution >= 0.6 is 15.9 Å². The van der Waals surface area contributed by atoms with Crippen LogP contribution in [0, 0.1) is 0 Å². The summed E-state index contributed by atoms with van der Waals surface area (Å²) in [4.78, 5) is 33.7. The summed E-state index contributed by atoms with van der Waals surface area (Å²) < 4.78 is 38.9. The summed E-state index contributed by atoms with van der Waals surface area (Å²) in [5, 5.41) is 14.9. The number of urea groups is 1. The van der Waals surface area contributed by atoms with Gasteiger partial charge in [-0.15, -0.1) is 5.06 Å². The Morgan fingerprint density at radius 3 is 2.30 bits per heavy atom. The first-order valence-electron chi connectivity index (χ1n) is 9.24. The van der Waals surface area contributed by atoms with E-state index in [1.165, 1.54) is 48.7 Å². The Kier molecular flexibility index (Phi) is 7.51. The third-order valence-electron chi connectivity index (χ3n) is 4.10. The molecule has 0 aliphatic carbocycles. The average molecular weight is 525 g/mol. The van der Waals surface area contributed by atoms with Crippen LogP contribution in [0.1, 0.15) is 16.1 Å². The molecule has 1 aromatic heterocycles. The number of nitrogens with one attached hydrogen (secondary N) is 2. The summed E-state index contributed by atoms with van der Waals surface area (Å²) in [6.45, 7) is -0.731. The Morgan fingerprint density at radius 2 is 1.70 bits per heavy atom. The lowest BCUT2D eigenvalue weighted by Gasteiger charge is -2.19. The number of rotatable bonds is 6. The van der Waals surface area contributed by atoms with Crippen molar-refractivity contribution in [2.75, 3.05) is 17.4 Å². The van der Waals surface area contributed by atoms with Crippen molar-refractivity contribution in [3.05, 3.63) is 82.6 Å². The van der Waals surface area contributed by atoms with Gasteiger partial charge in [0.15, 0.2) is 12.5 Å². The minimum Gasteiger partial charge on any atom is -0.374 e. The van der Waals surface area contributed by atoms with E-state index in [1.807, 2.05) is 0 Å². The van der Waals surface area contributed by atoms with Crippen molar-refractivity contribution >= 4 is 39.2 Å². The fraction of sp³-hybridized carbons (Fsp3) is 0.0952. The second-order valence-corrected chi connectivity index (χ2v) is 7.28. The van der Waals surface area contributed by atoms with Gasteiger partial charge in [0.25, 0.3) is 0 Å². The maximum atomic E-state index is 13.0. The number of carbonyl (C=O) groups is 2. The van der Waals surface area contributed by atoms with Gasteiger partial charge < -0.3 is 20.6 Å². The number of amides is 3. The fourth-order valence-corrected chi connectivity index (χ4v) is 3.06. The Morgan fingerprint density at radius 1 is 1.03 bits per heavy atom. The molecule has 1 heterocycles. The van der Waals surface area contributed by atoms with Gasteiger partial charge in [0.05, 0.1) is 5.56 Å². The van der Waals surface area contributed by atoms with Crippen molar-refractivity contribution in [2.24, 2.45) is 0 Å². The first-order valence-corrected chi connectivity index (χ1v) is 10.0. The molecule has 0 radical (unpaired) electrons. The number of hydrogen-bond donors (Lipinski definition) is 3. The molecule has 0 aliphatic heterocycles. The number of hydroxylamine groups is 2. The van der Waals surface area contributed by atoms with Crippen molar-refractivity contribution in [1.82, 2.24) is 10.0 Å². The van der Waals surface area contributed by atoms with Crippen molar-refractivity contribution in [3.8, 4) is 5.75 Å². The molecule has 0 fully saturated rings. The number of nitrogens with zero attached hydrogens (tertiary/aromatic N) is 2. The number of pyridine rings is 1. The molecule has 33 heavy (non-hydrogen) atoms. The van der Waals surface area contributed by atoms with Crippen LogP contribution in [0.2, 0.25) is 0 Å². The molecule has 0 aliphatic rings. The third-order valence-corrected chi connectivity index (χ3v) is 4.79. The molecule has 172 valence electrons. The lowest BCUT2D eigenvalue weighted by molar-refractivity contribution is -0.138. The molecule has 3 rings (SSSR count). The largest absolute Gasteiger partial charge is 0.417 e. The van der Waals surface area contributed by atoms with E-state index in [4.69, 9.17) is 4.84 Å². The smallest absolute Gasteiger partial charge is 0.374 e. The van der Waals surface area contributed by atoms with Crippen LogP contribution in [0.15, 0.2) is 71.3 Å². The number of anilines is 2. The number of aliphatic hydroxyl groups excluding tert-OH is 1. The van der Waals surface area contributed by atoms with Crippen LogP contribution in [0.4, 0.5) is 29.3 Å². The van der Waals surface area contributed by atoms with E-state index in [2.05, 4.69) is 31.5 Å². The maximum Gasteiger partial charge on any atom is 0.417 e. The highest BCUT2D eigenvalue weighted by Crippen LogP contribution is 2.36. The molecule has 0 unspecified atom stereocenters. The molecule has 2 aromatic carbocycles. The average Bonchev–Trinajstić information content (AvgIpc) is 2.79. The van der Waals surface area contributed by atoms with Crippen molar-refractivity contribution < 1.29 is 32.7 Å². The summed E-state index contributed by atoms with van der Waals surface area (Å²) in [7, 11) is 0. The summed E-state index contributed by atoms with van der Waals surface area (Å²) in [5.41, 5.74) is -0.590. The van der Waals surface area contributed by atoms with E-state index < -0.39 is 30.4 Å². The molecule has 3 amide bonds. The fourth-order valence-electron chi connectivity index (χ4n) is 2.59. The highest BCUT2D eigenvalue weighted by atomic mass is 79.9. The molecule has 0 bridgehead atoms. The van der Waals surface area contributed by atoms with Crippen molar-refractivity contribution in [1.29, 1.82) is 0 Å². The molecular formula is C21H16BrF3N4O4. The molecular weight excluding hydrogens is 509 g/mol. The van der Waals surface area contributed by atoms with Gasteiger partial charge in [-0.3, -0.25) is 9.78 Å². The van der Waals surface area contributed by atoms with E-state index in [9.17, 15) is 27.9 Å². The van der Waals surface area contributed by atoms with Crippen LogP contribution in [0.3, 0.4) is 0 Å². The zero-order valence-corrected chi connectivity index (χ0v) is 18.2. The maximum absolute atomic E-state index is 13.0. The zero-order valence-electron chi connectivity index (χ0n) is 16.6. The van der Waals surface area contributed by atoms with Crippen LogP contribution in [0.5, 0.6) is 5.75 Å². The second-order valence-electron chi connectivity index (χ2n) is 6.43. The van der Waals surface area contributed by atoms with Gasteiger partial charge in [-0.2, -0.15) is 13.2 Å². The number of hydrogen-bond acceptors (Lipinski definition) is 5. The van der Waals surface area contributed by atoms with Crippen LogP contribution in [-0.2, 0) is 6.18 Å². The number of halogens is 4. The molecule has 8 nitrogen and oxygen atoms in total. The molecule has 0 saturated heterocycles. The van der Waals surface area contributed by atoms with Gasteiger partial charge in [-0.05, 0) is 54.6 Å². The van der Waals surface area contributed by atoms with E-state index in [0.717, 1.165) is 6.07 Å². The second kappa shape index (κ2) is 10.3.